The number of aromatic hydroxyl groups is 1. The van der Waals surface area contributed by atoms with Crippen LogP contribution in [0.15, 0.2) is 18.2 Å². The summed E-state index contributed by atoms with van der Waals surface area (Å²) >= 11 is 0. The zero-order valence-corrected chi connectivity index (χ0v) is 10.5. The number of hydrogen-bond acceptors (Lipinski definition) is 2. The van der Waals surface area contributed by atoms with Crippen molar-refractivity contribution in [1.29, 1.82) is 0 Å². The first-order valence-corrected chi connectivity index (χ1v) is 6.80. The molecule has 1 heterocycles. The summed E-state index contributed by atoms with van der Waals surface area (Å²) in [5, 5.41) is 9.51. The summed E-state index contributed by atoms with van der Waals surface area (Å²) in [6.07, 6.45) is 5.03. The van der Waals surface area contributed by atoms with Gasteiger partial charge in [-0.2, -0.15) is 0 Å². The molecule has 0 spiro atoms. The van der Waals surface area contributed by atoms with E-state index in [1.807, 2.05) is 12.1 Å². The number of aryl methyl sites for hydroxylation is 1. The molecule has 2 heteroatoms. The van der Waals surface area contributed by atoms with Crippen LogP contribution in [0.25, 0.3) is 0 Å². The molecule has 3 rings (SSSR count). The van der Waals surface area contributed by atoms with E-state index in [9.17, 15) is 5.11 Å². The molecule has 0 amide bonds. The summed E-state index contributed by atoms with van der Waals surface area (Å²) in [6.45, 7) is 4.84. The smallest absolute Gasteiger partial charge is 0.115 e. The molecule has 2 nitrogen and oxygen atoms in total. The van der Waals surface area contributed by atoms with Gasteiger partial charge in [0.15, 0.2) is 0 Å². The SMILES string of the molecule is CC1CCN(C2CCc3cc(O)ccc32)CC1. The number of likely N-dealkylation sites (tertiary alicyclic amines) is 1. The minimum atomic E-state index is 0.414. The molecule has 0 saturated carbocycles. The van der Waals surface area contributed by atoms with Crippen LogP contribution in [0.5, 0.6) is 5.75 Å². The molecule has 0 aromatic heterocycles. The summed E-state index contributed by atoms with van der Waals surface area (Å²) in [6, 6.07) is 6.52. The van der Waals surface area contributed by atoms with E-state index in [1.54, 1.807) is 0 Å². The summed E-state index contributed by atoms with van der Waals surface area (Å²) in [5.74, 6) is 1.31. The van der Waals surface area contributed by atoms with E-state index < -0.39 is 0 Å². The highest BCUT2D eigenvalue weighted by Gasteiger charge is 2.29. The maximum atomic E-state index is 9.51. The van der Waals surface area contributed by atoms with E-state index in [0.717, 1.165) is 12.3 Å². The number of phenols is 1. The van der Waals surface area contributed by atoms with Crippen molar-refractivity contribution in [2.75, 3.05) is 13.1 Å². The van der Waals surface area contributed by atoms with Gasteiger partial charge in [-0.05, 0) is 68.0 Å². The normalized spacial score (nSPS) is 26.1. The fraction of sp³-hybridized carbons (Fsp3) is 0.600. The Hall–Kier alpha value is -1.02. The Balaban J connectivity index is 1.79. The van der Waals surface area contributed by atoms with Crippen LogP contribution in [0.1, 0.15) is 43.4 Å². The molecule has 92 valence electrons. The monoisotopic (exact) mass is 231 g/mol. The number of nitrogens with zero attached hydrogens (tertiary/aromatic N) is 1. The molecule has 1 N–H and O–H groups in total. The maximum Gasteiger partial charge on any atom is 0.115 e. The Morgan fingerprint density at radius 2 is 1.94 bits per heavy atom. The van der Waals surface area contributed by atoms with Gasteiger partial charge >= 0.3 is 0 Å². The number of piperidine rings is 1. The molecule has 1 saturated heterocycles. The Morgan fingerprint density at radius 1 is 1.18 bits per heavy atom. The van der Waals surface area contributed by atoms with Gasteiger partial charge in [0, 0.05) is 6.04 Å². The predicted molar refractivity (Wildman–Crippen MR) is 69.1 cm³/mol. The van der Waals surface area contributed by atoms with Gasteiger partial charge < -0.3 is 5.11 Å². The molecule has 1 aromatic carbocycles. The fourth-order valence-electron chi connectivity index (χ4n) is 3.30. The lowest BCUT2D eigenvalue weighted by Gasteiger charge is -2.35. The van der Waals surface area contributed by atoms with Crippen molar-refractivity contribution in [2.45, 2.75) is 38.6 Å². The molecule has 1 aromatic rings. The van der Waals surface area contributed by atoms with Crippen molar-refractivity contribution < 1.29 is 5.11 Å². The first kappa shape index (κ1) is 11.1. The second kappa shape index (κ2) is 4.34. The highest BCUT2D eigenvalue weighted by molar-refractivity contribution is 5.40. The van der Waals surface area contributed by atoms with Gasteiger partial charge in [-0.3, -0.25) is 4.90 Å². The fourth-order valence-corrected chi connectivity index (χ4v) is 3.30. The van der Waals surface area contributed by atoms with Gasteiger partial charge in [0.2, 0.25) is 0 Å². The molecule has 1 fully saturated rings. The summed E-state index contributed by atoms with van der Waals surface area (Å²) in [4.78, 5) is 2.64. The van der Waals surface area contributed by atoms with Crippen molar-refractivity contribution in [2.24, 2.45) is 5.92 Å². The van der Waals surface area contributed by atoms with Crippen LogP contribution in [0.3, 0.4) is 0 Å². The average Bonchev–Trinajstić information content (AvgIpc) is 2.73. The molecule has 0 bridgehead atoms. The Bertz CT molecular complexity index is 407. The number of hydrogen-bond donors (Lipinski definition) is 1. The average molecular weight is 231 g/mol. The van der Waals surface area contributed by atoms with Gasteiger partial charge in [-0.25, -0.2) is 0 Å². The van der Waals surface area contributed by atoms with E-state index >= 15 is 0 Å². The molecule has 1 aliphatic carbocycles. The molecule has 0 radical (unpaired) electrons. The van der Waals surface area contributed by atoms with Gasteiger partial charge in [-0.15, -0.1) is 0 Å². The quantitative estimate of drug-likeness (QED) is 0.802. The molecule has 1 unspecified atom stereocenters. The van der Waals surface area contributed by atoms with Crippen LogP contribution < -0.4 is 0 Å². The minimum absolute atomic E-state index is 0.414. The topological polar surface area (TPSA) is 23.5 Å². The number of rotatable bonds is 1. The third-order valence-corrected chi connectivity index (χ3v) is 4.43. The predicted octanol–water partition coefficient (Wildman–Crippen LogP) is 3.11. The molecular weight excluding hydrogens is 210 g/mol. The highest BCUT2D eigenvalue weighted by atomic mass is 16.3. The number of benzene rings is 1. The zero-order chi connectivity index (χ0) is 11.8. The van der Waals surface area contributed by atoms with E-state index in [2.05, 4.69) is 17.9 Å². The molecule has 17 heavy (non-hydrogen) atoms. The summed E-state index contributed by atoms with van der Waals surface area (Å²) < 4.78 is 0. The van der Waals surface area contributed by atoms with Gasteiger partial charge in [0.25, 0.3) is 0 Å². The third kappa shape index (κ3) is 2.06. The van der Waals surface area contributed by atoms with Crippen molar-refractivity contribution in [3.63, 3.8) is 0 Å². The first-order chi connectivity index (χ1) is 8.24. The van der Waals surface area contributed by atoms with Crippen molar-refractivity contribution in [1.82, 2.24) is 4.90 Å². The standard InChI is InChI=1S/C15H21NO/c1-11-6-8-16(9-7-11)15-5-2-12-10-13(17)3-4-14(12)15/h3-4,10-11,15,17H,2,5-9H2,1H3. The second-order valence-corrected chi connectivity index (χ2v) is 5.66. The lowest BCUT2D eigenvalue weighted by Crippen LogP contribution is -2.35. The molecule has 1 atom stereocenters. The molecule has 2 aliphatic rings. The van der Waals surface area contributed by atoms with Crippen LogP contribution in [0, 0.1) is 5.92 Å². The van der Waals surface area contributed by atoms with Gasteiger partial charge in [0.05, 0.1) is 0 Å². The van der Waals surface area contributed by atoms with Crippen molar-refractivity contribution in [3.05, 3.63) is 29.3 Å². The van der Waals surface area contributed by atoms with Crippen LogP contribution in [-0.4, -0.2) is 23.1 Å². The van der Waals surface area contributed by atoms with Crippen LogP contribution >= 0.6 is 0 Å². The van der Waals surface area contributed by atoms with Crippen LogP contribution in [-0.2, 0) is 6.42 Å². The highest BCUT2D eigenvalue weighted by Crippen LogP contribution is 2.38. The maximum absolute atomic E-state index is 9.51. The summed E-state index contributed by atoms with van der Waals surface area (Å²) in [7, 11) is 0. The van der Waals surface area contributed by atoms with Gasteiger partial charge in [0.1, 0.15) is 5.75 Å². The Labute approximate surface area is 103 Å². The zero-order valence-electron chi connectivity index (χ0n) is 10.5. The minimum Gasteiger partial charge on any atom is -0.508 e. The number of phenolic OH excluding ortho intramolecular Hbond substituents is 1. The lowest BCUT2D eigenvalue weighted by molar-refractivity contribution is 0.137. The van der Waals surface area contributed by atoms with E-state index in [-0.39, 0.29) is 0 Å². The largest absolute Gasteiger partial charge is 0.508 e. The Morgan fingerprint density at radius 3 is 2.71 bits per heavy atom. The van der Waals surface area contributed by atoms with E-state index in [1.165, 1.54) is 43.5 Å². The van der Waals surface area contributed by atoms with Crippen molar-refractivity contribution >= 4 is 0 Å². The lowest BCUT2D eigenvalue weighted by atomic mass is 9.96. The van der Waals surface area contributed by atoms with Gasteiger partial charge in [-0.1, -0.05) is 13.0 Å². The second-order valence-electron chi connectivity index (χ2n) is 5.66. The molecule has 1 aliphatic heterocycles. The summed E-state index contributed by atoms with van der Waals surface area (Å²) in [5.41, 5.74) is 2.81. The van der Waals surface area contributed by atoms with Crippen LogP contribution in [0.2, 0.25) is 0 Å². The molecular formula is C15H21NO. The first-order valence-electron chi connectivity index (χ1n) is 6.80. The van der Waals surface area contributed by atoms with E-state index in [4.69, 9.17) is 0 Å². The van der Waals surface area contributed by atoms with E-state index in [0.29, 0.717) is 11.8 Å². The Kier molecular flexibility index (Phi) is 2.83. The number of fused-ring (bicyclic) bond motifs is 1. The van der Waals surface area contributed by atoms with Crippen LogP contribution in [0.4, 0.5) is 0 Å². The third-order valence-electron chi connectivity index (χ3n) is 4.43. The van der Waals surface area contributed by atoms with Crippen molar-refractivity contribution in [3.8, 4) is 5.75 Å².